The third kappa shape index (κ3) is 4.40. The number of piperidine rings is 1. The van der Waals surface area contributed by atoms with Crippen molar-refractivity contribution >= 4 is 11.6 Å². The number of benzene rings is 2. The van der Waals surface area contributed by atoms with Crippen LogP contribution in [0.5, 0.6) is 5.75 Å². The van der Waals surface area contributed by atoms with E-state index in [4.69, 9.17) is 4.74 Å². The predicted molar refractivity (Wildman–Crippen MR) is 99.9 cm³/mol. The smallest absolute Gasteiger partial charge is 0.287 e. The van der Waals surface area contributed by atoms with Gasteiger partial charge in [-0.15, -0.1) is 0 Å². The summed E-state index contributed by atoms with van der Waals surface area (Å²) in [5.41, 5.74) is 1.85. The van der Waals surface area contributed by atoms with Gasteiger partial charge in [-0.05, 0) is 25.0 Å². The SMILES string of the molecule is COc1cccc(NC(=O)[C@H](c2ccccc2)[NH+]2CCC[C@@H](C)C2)c1. The van der Waals surface area contributed by atoms with E-state index in [0.29, 0.717) is 5.92 Å². The molecule has 0 bridgehead atoms. The predicted octanol–water partition coefficient (Wildman–Crippen LogP) is 2.69. The van der Waals surface area contributed by atoms with Crippen LogP contribution in [-0.4, -0.2) is 26.1 Å². The second kappa shape index (κ2) is 8.17. The number of likely N-dealkylation sites (tertiary alicyclic amines) is 1. The van der Waals surface area contributed by atoms with E-state index >= 15 is 0 Å². The molecule has 0 spiro atoms. The maximum absolute atomic E-state index is 13.1. The van der Waals surface area contributed by atoms with Gasteiger partial charge in [0.15, 0.2) is 6.04 Å². The first kappa shape index (κ1) is 17.5. The van der Waals surface area contributed by atoms with E-state index in [1.54, 1.807) is 7.11 Å². The standard InChI is InChI=1S/C21H26N2O2/c1-16-8-7-13-23(15-16)20(17-9-4-3-5-10-17)21(24)22-18-11-6-12-19(14-18)25-2/h3-6,9-12,14,16,20H,7-8,13,15H2,1-2H3,(H,22,24)/p+1/t16-,20+/m1/s1. The fourth-order valence-corrected chi connectivity index (χ4v) is 3.72. The topological polar surface area (TPSA) is 42.8 Å². The van der Waals surface area contributed by atoms with E-state index < -0.39 is 0 Å². The molecular weight excluding hydrogens is 312 g/mol. The van der Waals surface area contributed by atoms with Crippen molar-refractivity contribution in [2.45, 2.75) is 25.8 Å². The Balaban J connectivity index is 1.84. The van der Waals surface area contributed by atoms with Gasteiger partial charge < -0.3 is 15.0 Å². The number of quaternary nitrogens is 1. The van der Waals surface area contributed by atoms with Crippen molar-refractivity contribution in [3.05, 3.63) is 60.2 Å². The van der Waals surface area contributed by atoms with E-state index in [-0.39, 0.29) is 11.9 Å². The minimum absolute atomic E-state index is 0.0450. The average Bonchev–Trinajstić information content (AvgIpc) is 2.63. The van der Waals surface area contributed by atoms with Crippen molar-refractivity contribution < 1.29 is 14.4 Å². The van der Waals surface area contributed by atoms with E-state index in [2.05, 4.69) is 24.4 Å². The highest BCUT2D eigenvalue weighted by Gasteiger charge is 2.34. The van der Waals surface area contributed by atoms with Gasteiger partial charge in [0.25, 0.3) is 5.91 Å². The molecule has 4 heteroatoms. The van der Waals surface area contributed by atoms with E-state index in [0.717, 1.165) is 30.1 Å². The molecule has 1 saturated heterocycles. The summed E-state index contributed by atoms with van der Waals surface area (Å²) in [6.45, 7) is 4.35. The monoisotopic (exact) mass is 339 g/mol. The minimum Gasteiger partial charge on any atom is -0.497 e. The van der Waals surface area contributed by atoms with Crippen LogP contribution in [0.4, 0.5) is 5.69 Å². The number of carbonyl (C=O) groups is 1. The van der Waals surface area contributed by atoms with Gasteiger partial charge in [0.05, 0.1) is 20.2 Å². The van der Waals surface area contributed by atoms with Crippen molar-refractivity contribution in [2.75, 3.05) is 25.5 Å². The van der Waals surface area contributed by atoms with Gasteiger partial charge in [-0.2, -0.15) is 0 Å². The average molecular weight is 339 g/mol. The highest BCUT2D eigenvalue weighted by Crippen LogP contribution is 2.19. The molecule has 4 nitrogen and oxygen atoms in total. The normalized spacial score (nSPS) is 21.4. The third-order valence-electron chi connectivity index (χ3n) is 4.95. The molecule has 1 aliphatic heterocycles. The molecule has 0 radical (unpaired) electrons. The molecule has 1 heterocycles. The number of methoxy groups -OCH3 is 1. The van der Waals surface area contributed by atoms with Crippen LogP contribution in [0, 0.1) is 5.92 Å². The number of nitrogens with one attached hydrogen (secondary N) is 2. The Morgan fingerprint density at radius 1 is 1.20 bits per heavy atom. The molecule has 0 aliphatic carbocycles. The summed E-state index contributed by atoms with van der Waals surface area (Å²) in [5, 5.41) is 3.09. The summed E-state index contributed by atoms with van der Waals surface area (Å²) in [6.07, 6.45) is 2.43. The maximum atomic E-state index is 13.1. The van der Waals surface area contributed by atoms with Crippen molar-refractivity contribution in [1.82, 2.24) is 0 Å². The molecule has 1 amide bonds. The zero-order chi connectivity index (χ0) is 17.6. The van der Waals surface area contributed by atoms with Crippen LogP contribution in [-0.2, 0) is 4.79 Å². The highest BCUT2D eigenvalue weighted by molar-refractivity contribution is 5.94. The van der Waals surface area contributed by atoms with Crippen LogP contribution in [0.15, 0.2) is 54.6 Å². The molecule has 132 valence electrons. The van der Waals surface area contributed by atoms with Gasteiger partial charge in [0.1, 0.15) is 5.75 Å². The van der Waals surface area contributed by atoms with Gasteiger partial charge in [-0.3, -0.25) is 4.79 Å². The first-order chi connectivity index (χ1) is 12.2. The summed E-state index contributed by atoms with van der Waals surface area (Å²) in [7, 11) is 1.63. The highest BCUT2D eigenvalue weighted by atomic mass is 16.5. The van der Waals surface area contributed by atoms with E-state index in [1.165, 1.54) is 17.7 Å². The second-order valence-corrected chi connectivity index (χ2v) is 6.92. The summed E-state index contributed by atoms with van der Waals surface area (Å²) in [5.74, 6) is 1.44. The molecule has 3 atom stereocenters. The summed E-state index contributed by atoms with van der Waals surface area (Å²) in [6, 6.07) is 17.5. The van der Waals surface area contributed by atoms with Crippen LogP contribution in [0.3, 0.4) is 0 Å². The van der Waals surface area contributed by atoms with Crippen LogP contribution in [0.25, 0.3) is 0 Å². The number of ether oxygens (including phenoxy) is 1. The number of hydrogen-bond acceptors (Lipinski definition) is 2. The molecule has 2 N–H and O–H groups in total. The second-order valence-electron chi connectivity index (χ2n) is 6.92. The van der Waals surface area contributed by atoms with E-state index in [1.807, 2.05) is 42.5 Å². The fraction of sp³-hybridized carbons (Fsp3) is 0.381. The number of amides is 1. The number of carbonyl (C=O) groups excluding carboxylic acids is 1. The van der Waals surface area contributed by atoms with Crippen LogP contribution >= 0.6 is 0 Å². The lowest BCUT2D eigenvalue weighted by Crippen LogP contribution is -3.14. The molecule has 1 aliphatic rings. The fourth-order valence-electron chi connectivity index (χ4n) is 3.72. The van der Waals surface area contributed by atoms with Crippen LogP contribution < -0.4 is 15.0 Å². The quantitative estimate of drug-likeness (QED) is 0.879. The summed E-state index contributed by atoms with van der Waals surface area (Å²) < 4.78 is 5.26. The van der Waals surface area contributed by atoms with Gasteiger partial charge in [-0.1, -0.05) is 43.3 Å². The van der Waals surface area contributed by atoms with Crippen molar-refractivity contribution in [3.8, 4) is 5.75 Å². The zero-order valence-electron chi connectivity index (χ0n) is 15.0. The number of anilines is 1. The lowest BCUT2D eigenvalue weighted by atomic mass is 9.95. The first-order valence-corrected chi connectivity index (χ1v) is 9.02. The molecule has 1 fully saturated rings. The van der Waals surface area contributed by atoms with Gasteiger partial charge in [0.2, 0.25) is 0 Å². The Hall–Kier alpha value is -2.33. The molecule has 25 heavy (non-hydrogen) atoms. The van der Waals surface area contributed by atoms with Crippen LogP contribution in [0.2, 0.25) is 0 Å². The van der Waals surface area contributed by atoms with Crippen molar-refractivity contribution in [3.63, 3.8) is 0 Å². The van der Waals surface area contributed by atoms with Crippen molar-refractivity contribution in [1.29, 1.82) is 0 Å². The Morgan fingerprint density at radius 3 is 2.72 bits per heavy atom. The molecule has 1 unspecified atom stereocenters. The van der Waals surface area contributed by atoms with E-state index in [9.17, 15) is 4.79 Å². The first-order valence-electron chi connectivity index (χ1n) is 9.02. The Bertz CT molecular complexity index is 702. The summed E-state index contributed by atoms with van der Waals surface area (Å²) >= 11 is 0. The van der Waals surface area contributed by atoms with Crippen molar-refractivity contribution in [2.24, 2.45) is 5.92 Å². The molecular formula is C21H27N2O2+. The molecule has 3 rings (SSSR count). The Morgan fingerprint density at radius 2 is 2.00 bits per heavy atom. The van der Waals surface area contributed by atoms with Gasteiger partial charge in [0, 0.05) is 23.2 Å². The maximum Gasteiger partial charge on any atom is 0.287 e. The lowest BCUT2D eigenvalue weighted by molar-refractivity contribution is -0.929. The Labute approximate surface area is 149 Å². The number of rotatable bonds is 5. The number of hydrogen-bond donors (Lipinski definition) is 2. The summed E-state index contributed by atoms with van der Waals surface area (Å²) in [4.78, 5) is 14.5. The van der Waals surface area contributed by atoms with Crippen LogP contribution in [0.1, 0.15) is 31.4 Å². The molecule has 0 saturated carbocycles. The molecule has 2 aromatic carbocycles. The molecule has 0 aromatic heterocycles. The lowest BCUT2D eigenvalue weighted by Gasteiger charge is -2.33. The van der Waals surface area contributed by atoms with Gasteiger partial charge in [-0.25, -0.2) is 0 Å². The third-order valence-corrected chi connectivity index (χ3v) is 4.95. The largest absolute Gasteiger partial charge is 0.497 e. The molecule has 2 aromatic rings. The zero-order valence-corrected chi connectivity index (χ0v) is 15.0. The minimum atomic E-state index is -0.185. The Kier molecular flexibility index (Phi) is 5.71. The van der Waals surface area contributed by atoms with Gasteiger partial charge >= 0.3 is 0 Å².